The van der Waals surface area contributed by atoms with Crippen LogP contribution in [0.25, 0.3) is 11.6 Å². The lowest BCUT2D eigenvalue weighted by Crippen LogP contribution is -2.37. The summed E-state index contributed by atoms with van der Waals surface area (Å²) >= 11 is 0. The monoisotopic (exact) mass is 593 g/mol. The van der Waals surface area contributed by atoms with Crippen LogP contribution in [0.4, 0.5) is 4.39 Å². The number of hydrogen-bond donors (Lipinski definition) is 2. The standard InChI is InChI=1S/C26H25FN4O5.C5H11NO/c1-25(2,3)20-23-31-19(22-29-17(11-35-22)24(33)34-4)21(36-23)26(12-28)8-7-14-15(26)9-13(10-16(14)27)5-6-18(32)30-20;1-4(2)3-5(6)7/h9-11,20H,5-8H2,1-4H3,(H,30,32);4H,3H2,1-2H3,(H2,6,7). The van der Waals surface area contributed by atoms with Crippen LogP contribution in [0.15, 0.2) is 27.2 Å². The molecule has 2 amide bonds. The summed E-state index contributed by atoms with van der Waals surface area (Å²) in [4.78, 5) is 43.8. The lowest BCUT2D eigenvalue weighted by molar-refractivity contribution is -0.123. The highest BCUT2D eigenvalue weighted by molar-refractivity contribution is 5.87. The second-order valence-electron chi connectivity index (χ2n) is 12.3. The van der Waals surface area contributed by atoms with Crippen LogP contribution in [-0.2, 0) is 32.6 Å². The van der Waals surface area contributed by atoms with Crippen LogP contribution in [0.5, 0.6) is 0 Å². The highest BCUT2D eigenvalue weighted by Crippen LogP contribution is 2.49. The number of rotatable bonds is 4. The molecule has 12 heteroatoms. The Kier molecular flexibility index (Phi) is 8.76. The molecule has 11 nitrogen and oxygen atoms in total. The molecule has 2 unspecified atom stereocenters. The summed E-state index contributed by atoms with van der Waals surface area (Å²) in [7, 11) is 1.22. The summed E-state index contributed by atoms with van der Waals surface area (Å²) in [5.41, 5.74) is 4.55. The first-order valence-electron chi connectivity index (χ1n) is 14.1. The smallest absolute Gasteiger partial charge is 0.360 e. The summed E-state index contributed by atoms with van der Waals surface area (Å²) < 4.78 is 31.7. The third-order valence-electron chi connectivity index (χ3n) is 7.46. The quantitative estimate of drug-likeness (QED) is 0.407. The number of amides is 2. The molecule has 3 heterocycles. The maximum absolute atomic E-state index is 15.1. The number of esters is 1. The molecule has 2 atom stereocenters. The molecule has 2 aliphatic rings. The molecule has 0 saturated carbocycles. The number of primary amides is 1. The van der Waals surface area contributed by atoms with Crippen molar-refractivity contribution in [2.75, 3.05) is 7.11 Å². The van der Waals surface area contributed by atoms with Gasteiger partial charge in [-0.1, -0.05) is 40.7 Å². The van der Waals surface area contributed by atoms with Crippen LogP contribution in [0.3, 0.4) is 0 Å². The van der Waals surface area contributed by atoms with Crippen molar-refractivity contribution in [2.24, 2.45) is 17.1 Å². The molecule has 0 fully saturated rings. The number of aryl methyl sites for hydroxylation is 1. The lowest BCUT2D eigenvalue weighted by atomic mass is 9.79. The molecule has 43 heavy (non-hydrogen) atoms. The number of nitrogens with zero attached hydrogens (tertiary/aromatic N) is 3. The highest BCUT2D eigenvalue weighted by atomic mass is 19.1. The zero-order valence-electron chi connectivity index (χ0n) is 25.2. The number of ether oxygens (including phenoxy) is 1. The van der Waals surface area contributed by atoms with Crippen LogP contribution in [0, 0.1) is 28.5 Å². The number of nitrogens with two attached hydrogens (primary N) is 1. The van der Waals surface area contributed by atoms with Gasteiger partial charge in [0.25, 0.3) is 0 Å². The second-order valence-corrected chi connectivity index (χ2v) is 12.3. The molecule has 1 aliphatic heterocycles. The van der Waals surface area contributed by atoms with Crippen molar-refractivity contribution in [3.8, 4) is 17.7 Å². The first-order chi connectivity index (χ1) is 20.2. The van der Waals surface area contributed by atoms with Crippen molar-refractivity contribution in [1.82, 2.24) is 15.3 Å². The first kappa shape index (κ1) is 31.4. The van der Waals surface area contributed by atoms with Crippen LogP contribution < -0.4 is 11.1 Å². The normalized spacial score (nSPS) is 19.3. The maximum Gasteiger partial charge on any atom is 0.360 e. The van der Waals surface area contributed by atoms with Crippen molar-refractivity contribution in [1.29, 1.82) is 5.26 Å². The number of oxazole rings is 2. The van der Waals surface area contributed by atoms with Gasteiger partial charge in [0.1, 0.15) is 23.5 Å². The van der Waals surface area contributed by atoms with E-state index in [0.29, 0.717) is 41.9 Å². The van der Waals surface area contributed by atoms with Crippen molar-refractivity contribution < 1.29 is 32.3 Å². The van der Waals surface area contributed by atoms with Gasteiger partial charge < -0.3 is 24.6 Å². The molecule has 1 aliphatic carbocycles. The van der Waals surface area contributed by atoms with Crippen molar-refractivity contribution >= 4 is 17.8 Å². The van der Waals surface area contributed by atoms with Crippen LogP contribution in [0.2, 0.25) is 0 Å². The molecule has 0 spiro atoms. The lowest BCUT2D eigenvalue weighted by Gasteiger charge is -2.29. The zero-order chi connectivity index (χ0) is 31.7. The molecule has 228 valence electrons. The number of carbonyl (C=O) groups excluding carboxylic acids is 3. The molecule has 0 saturated heterocycles. The van der Waals surface area contributed by atoms with Gasteiger partial charge in [0, 0.05) is 12.8 Å². The maximum atomic E-state index is 15.1. The number of carbonyl (C=O) groups is 3. The van der Waals surface area contributed by atoms with Gasteiger partial charge in [-0.05, 0) is 53.4 Å². The SMILES string of the molecule is CC(C)CC(N)=O.COC(=O)c1coc(-c2nc3oc2C2(C#N)CCc4c(F)cc(cc42)CCC(=O)NC3C(C)(C)C)n1. The Morgan fingerprint density at radius 1 is 1.26 bits per heavy atom. The Balaban J connectivity index is 0.000000541. The number of benzene rings is 1. The minimum atomic E-state index is -1.36. The van der Waals surface area contributed by atoms with E-state index in [-0.39, 0.29) is 53.6 Å². The van der Waals surface area contributed by atoms with Gasteiger partial charge in [0.05, 0.1) is 13.2 Å². The summed E-state index contributed by atoms with van der Waals surface area (Å²) in [6, 6.07) is 4.92. The molecule has 3 N–H and O–H groups in total. The molecule has 0 radical (unpaired) electrons. The van der Waals surface area contributed by atoms with Crippen LogP contribution in [0.1, 0.15) is 98.8 Å². The number of fused-ring (bicyclic) bond motifs is 4. The molecule has 4 bridgehead atoms. The number of halogens is 1. The van der Waals surface area contributed by atoms with E-state index in [4.69, 9.17) is 19.3 Å². The largest absolute Gasteiger partial charge is 0.464 e. The number of nitrogens with one attached hydrogen (secondary N) is 1. The summed E-state index contributed by atoms with van der Waals surface area (Å²) in [6.07, 6.45) is 2.67. The van der Waals surface area contributed by atoms with Gasteiger partial charge in [-0.15, -0.1) is 0 Å². The van der Waals surface area contributed by atoms with Gasteiger partial charge in [0.2, 0.25) is 23.6 Å². The van der Waals surface area contributed by atoms with E-state index < -0.39 is 28.7 Å². The van der Waals surface area contributed by atoms with Crippen molar-refractivity contribution in [3.63, 3.8) is 0 Å². The Bertz CT molecular complexity index is 1590. The summed E-state index contributed by atoms with van der Waals surface area (Å²) in [6.45, 7) is 9.72. The highest BCUT2D eigenvalue weighted by Gasteiger charge is 2.49. The minimum absolute atomic E-state index is 0.0473. The molecular formula is C31H36FN5O6. The molecular weight excluding hydrogens is 557 g/mol. The third kappa shape index (κ3) is 6.30. The molecule has 2 aromatic heterocycles. The summed E-state index contributed by atoms with van der Waals surface area (Å²) in [5, 5.41) is 13.5. The Labute approximate surface area is 249 Å². The van der Waals surface area contributed by atoms with Gasteiger partial charge >= 0.3 is 5.97 Å². The number of hydrogen-bond acceptors (Lipinski definition) is 9. The number of nitriles is 1. The fourth-order valence-electron chi connectivity index (χ4n) is 5.34. The van der Waals surface area contributed by atoms with Gasteiger partial charge in [-0.2, -0.15) is 5.26 Å². The third-order valence-corrected chi connectivity index (χ3v) is 7.46. The predicted octanol–water partition coefficient (Wildman–Crippen LogP) is 4.68. The van der Waals surface area contributed by atoms with Crippen molar-refractivity contribution in [3.05, 3.63) is 58.2 Å². The number of methoxy groups -OCH3 is 1. The zero-order valence-corrected chi connectivity index (χ0v) is 25.2. The van der Waals surface area contributed by atoms with E-state index in [0.717, 1.165) is 6.26 Å². The fraction of sp³-hybridized carbons (Fsp3) is 0.484. The van der Waals surface area contributed by atoms with Gasteiger partial charge in [-0.3, -0.25) is 9.59 Å². The van der Waals surface area contributed by atoms with Crippen LogP contribution in [-0.4, -0.2) is 34.9 Å². The van der Waals surface area contributed by atoms with Gasteiger partial charge in [0.15, 0.2) is 17.1 Å². The molecule has 3 aromatic rings. The molecule has 1 aromatic carbocycles. The topological polar surface area (TPSA) is 174 Å². The van der Waals surface area contributed by atoms with Gasteiger partial charge in [-0.25, -0.2) is 19.2 Å². The Morgan fingerprint density at radius 2 is 1.98 bits per heavy atom. The predicted molar refractivity (Wildman–Crippen MR) is 152 cm³/mol. The first-order valence-corrected chi connectivity index (χ1v) is 14.1. The van der Waals surface area contributed by atoms with E-state index >= 15 is 4.39 Å². The second kappa shape index (κ2) is 12.0. The number of aromatic nitrogens is 2. The van der Waals surface area contributed by atoms with E-state index in [9.17, 15) is 19.6 Å². The Hall–Kier alpha value is -4.53. The van der Waals surface area contributed by atoms with E-state index in [2.05, 4.69) is 21.4 Å². The molecule has 5 rings (SSSR count). The van der Waals surface area contributed by atoms with Crippen molar-refractivity contribution in [2.45, 2.75) is 78.2 Å². The van der Waals surface area contributed by atoms with E-state index in [1.165, 1.54) is 13.2 Å². The minimum Gasteiger partial charge on any atom is -0.464 e. The van der Waals surface area contributed by atoms with E-state index in [1.54, 1.807) is 6.07 Å². The Morgan fingerprint density at radius 3 is 2.56 bits per heavy atom. The average molecular weight is 594 g/mol. The van der Waals surface area contributed by atoms with Crippen LogP contribution >= 0.6 is 0 Å². The van der Waals surface area contributed by atoms with E-state index in [1.807, 2.05) is 34.6 Å². The fourth-order valence-corrected chi connectivity index (χ4v) is 5.34. The summed E-state index contributed by atoms with van der Waals surface area (Å²) in [5.74, 6) is -0.921. The average Bonchev–Trinajstić information content (AvgIpc) is 3.66.